The van der Waals surface area contributed by atoms with Gasteiger partial charge in [-0.25, -0.2) is 4.79 Å². The molecule has 2 aromatic carbocycles. The summed E-state index contributed by atoms with van der Waals surface area (Å²) in [5, 5.41) is 9.44. The second-order valence-electron chi connectivity index (χ2n) is 15.5. The average molecular weight is 665 g/mol. The molecule has 8 fully saturated rings. The number of alkyl halides is 1. The Hall–Kier alpha value is -2.73. The molecule has 8 saturated carbocycles. The Morgan fingerprint density at radius 3 is 1.34 bits per heavy atom. The van der Waals surface area contributed by atoms with E-state index >= 15 is 0 Å². The Morgan fingerprint density at radius 1 is 0.638 bits per heavy atom. The van der Waals surface area contributed by atoms with Crippen molar-refractivity contribution in [2.45, 2.75) is 102 Å². The summed E-state index contributed by atoms with van der Waals surface area (Å²) >= 11 is 5.06. The van der Waals surface area contributed by atoms with Crippen LogP contribution in [0, 0.1) is 35.5 Å². The molecule has 0 unspecified atom stereocenters. The maximum absolute atomic E-state index is 11.4. The first-order chi connectivity index (χ1) is 22.7. The highest BCUT2D eigenvalue weighted by molar-refractivity contribution is 6.26. The summed E-state index contributed by atoms with van der Waals surface area (Å²) in [5.41, 5.74) is 3.88. The van der Waals surface area contributed by atoms with Crippen LogP contribution in [0.3, 0.4) is 0 Å². The van der Waals surface area contributed by atoms with E-state index < -0.39 is 0 Å². The van der Waals surface area contributed by atoms with Gasteiger partial charge >= 0.3 is 11.9 Å². The molecule has 2 aromatic rings. The molecule has 0 amide bonds. The molecule has 0 atom stereocenters. The van der Waals surface area contributed by atoms with E-state index in [2.05, 4.69) is 29.0 Å². The summed E-state index contributed by atoms with van der Waals surface area (Å²) < 4.78 is 14.8. The molecule has 0 aliphatic heterocycles. The topological polar surface area (TPSA) is 82.1 Å². The highest BCUT2D eigenvalue weighted by Gasteiger charge is 2.52. The van der Waals surface area contributed by atoms with E-state index in [-0.39, 0.29) is 24.4 Å². The van der Waals surface area contributed by atoms with Gasteiger partial charge in [-0.2, -0.15) is 0 Å². The first kappa shape index (κ1) is 34.1. The number of hydrogen-bond acceptors (Lipinski definition) is 6. The van der Waals surface area contributed by atoms with Crippen molar-refractivity contribution in [3.8, 4) is 11.5 Å². The van der Waals surface area contributed by atoms with Crippen molar-refractivity contribution >= 4 is 23.5 Å². The fourth-order valence-electron chi connectivity index (χ4n) is 11.2. The molecule has 1 N–H and O–H groups in total. The zero-order valence-corrected chi connectivity index (χ0v) is 29.0. The Kier molecular flexibility index (Phi) is 10.8. The van der Waals surface area contributed by atoms with Crippen molar-refractivity contribution in [1.82, 2.24) is 0 Å². The monoisotopic (exact) mass is 664 g/mol. The second kappa shape index (κ2) is 14.8. The van der Waals surface area contributed by atoms with Crippen molar-refractivity contribution < 1.29 is 28.9 Å². The number of benzene rings is 2. The molecule has 0 heterocycles. The smallest absolute Gasteiger partial charge is 0.344 e. The average Bonchev–Trinajstić information content (AvgIpc) is 3.04. The number of esters is 2. The van der Waals surface area contributed by atoms with Gasteiger partial charge in [0.05, 0.1) is 13.2 Å². The highest BCUT2D eigenvalue weighted by atomic mass is 35.5. The predicted molar refractivity (Wildman–Crippen MR) is 184 cm³/mol. The summed E-state index contributed by atoms with van der Waals surface area (Å²) in [6, 6.07) is 16.6. The van der Waals surface area contributed by atoms with E-state index in [0.717, 1.165) is 41.3 Å². The number of phenols is 1. The fraction of sp³-hybridized carbons (Fsp3) is 0.650. The van der Waals surface area contributed by atoms with Crippen molar-refractivity contribution in [3.05, 3.63) is 59.7 Å². The van der Waals surface area contributed by atoms with Crippen LogP contribution in [0.4, 0.5) is 0 Å². The van der Waals surface area contributed by atoms with Gasteiger partial charge in [0.2, 0.25) is 0 Å². The highest BCUT2D eigenvalue weighted by Crippen LogP contribution is 2.62. The predicted octanol–water partition coefficient (Wildman–Crippen LogP) is 8.74. The summed E-state index contributed by atoms with van der Waals surface area (Å²) in [5.74, 6) is 6.31. The number of phenolic OH excluding ortho intramolecular Hbond substituents is 1. The van der Waals surface area contributed by atoms with Crippen LogP contribution in [0.25, 0.3) is 0 Å². The van der Waals surface area contributed by atoms with E-state index in [9.17, 15) is 14.7 Å². The van der Waals surface area contributed by atoms with Gasteiger partial charge in [-0.1, -0.05) is 24.3 Å². The van der Waals surface area contributed by atoms with E-state index in [0.29, 0.717) is 29.8 Å². The third-order valence-corrected chi connectivity index (χ3v) is 12.3. The normalized spacial score (nSPS) is 33.6. The largest absolute Gasteiger partial charge is 0.508 e. The maximum atomic E-state index is 11.4. The minimum absolute atomic E-state index is 0.00937. The van der Waals surface area contributed by atoms with Crippen LogP contribution in [0.5, 0.6) is 11.5 Å². The van der Waals surface area contributed by atoms with E-state index in [1.165, 1.54) is 88.2 Å². The Bertz CT molecular complexity index is 1280. The minimum Gasteiger partial charge on any atom is -0.508 e. The molecule has 0 aromatic heterocycles. The number of rotatable bonds is 8. The summed E-state index contributed by atoms with van der Waals surface area (Å²) in [6.45, 7) is 4.34. The molecule has 0 spiro atoms. The number of hydrogen-bond donors (Lipinski definition) is 1. The fourth-order valence-corrected chi connectivity index (χ4v) is 11.3. The van der Waals surface area contributed by atoms with E-state index in [1.807, 2.05) is 24.3 Å². The lowest BCUT2D eigenvalue weighted by molar-refractivity contribution is -0.145. The van der Waals surface area contributed by atoms with Gasteiger partial charge in [0.15, 0.2) is 6.61 Å². The van der Waals surface area contributed by atoms with Crippen LogP contribution < -0.4 is 4.74 Å². The van der Waals surface area contributed by atoms with Crippen molar-refractivity contribution in [3.63, 3.8) is 0 Å². The van der Waals surface area contributed by atoms with Gasteiger partial charge in [-0.05, 0) is 173 Å². The van der Waals surface area contributed by atoms with Gasteiger partial charge in [0.1, 0.15) is 17.4 Å². The molecule has 6 nitrogen and oxygen atoms in total. The molecule has 8 aliphatic carbocycles. The summed E-state index contributed by atoms with van der Waals surface area (Å²) in [7, 11) is 0. The van der Waals surface area contributed by atoms with Crippen LogP contribution in [0.15, 0.2) is 48.5 Å². The Balaban J connectivity index is 0.000000141. The summed E-state index contributed by atoms with van der Waals surface area (Å²) in [6.07, 6.45) is 17.3. The van der Waals surface area contributed by atoms with E-state index in [1.54, 1.807) is 13.8 Å². The Morgan fingerprint density at radius 2 is 1.00 bits per heavy atom. The molecule has 47 heavy (non-hydrogen) atoms. The van der Waals surface area contributed by atoms with E-state index in [4.69, 9.17) is 21.1 Å². The zero-order chi connectivity index (χ0) is 33.0. The van der Waals surface area contributed by atoms with Crippen molar-refractivity contribution in [1.29, 1.82) is 0 Å². The molecule has 0 radical (unpaired) electrons. The number of halogens is 1. The lowest BCUT2D eigenvalue weighted by Crippen LogP contribution is -2.48. The molecular weight excluding hydrogens is 612 g/mol. The van der Waals surface area contributed by atoms with Gasteiger partial charge < -0.3 is 19.3 Å². The standard InChI is InChI=1S/C20H26O3.C16H20O.C4H7ClO2/c1-2-22-19(21)13-23-18-5-3-17(4-6-18)20-10-14-7-15(11-20)9-16(8-14)12-20;17-15-3-1-14(2-4-15)16-8-11-5-12(9-16)7-13(6-11)10-16;1-2-7-4(6)3-5/h3-6,14-16H,2,7-13H2,1H3;1-4,11-13,17H,5-10H2;2-3H2,1H3. The Labute approximate surface area is 285 Å². The zero-order valence-electron chi connectivity index (χ0n) is 28.3. The van der Waals surface area contributed by atoms with Gasteiger partial charge in [-0.15, -0.1) is 11.6 Å². The second-order valence-corrected chi connectivity index (χ2v) is 15.8. The minimum atomic E-state index is -0.357. The van der Waals surface area contributed by atoms with Crippen LogP contribution in [0.1, 0.15) is 102 Å². The number of carbonyl (C=O) groups is 2. The summed E-state index contributed by atoms with van der Waals surface area (Å²) in [4.78, 5) is 21.4. The first-order valence-corrected chi connectivity index (χ1v) is 18.6. The molecular formula is C40H53ClO6. The molecule has 10 rings (SSSR count). The van der Waals surface area contributed by atoms with Gasteiger partial charge in [0, 0.05) is 0 Å². The van der Waals surface area contributed by atoms with Crippen molar-refractivity contribution in [2.24, 2.45) is 35.5 Å². The van der Waals surface area contributed by atoms with Crippen LogP contribution in [0.2, 0.25) is 0 Å². The van der Waals surface area contributed by atoms with Crippen LogP contribution in [-0.4, -0.2) is 42.7 Å². The number of aromatic hydroxyl groups is 1. The van der Waals surface area contributed by atoms with Crippen molar-refractivity contribution in [2.75, 3.05) is 25.7 Å². The SMILES string of the molecule is CCOC(=O)CCl.CCOC(=O)COc1ccc(C23CC4CC(CC(C4)C2)C3)cc1.Oc1ccc(C23CC4CC(CC(C4)C2)C3)cc1. The maximum Gasteiger partial charge on any atom is 0.344 e. The third kappa shape index (κ3) is 7.95. The van der Waals surface area contributed by atoms with Crippen LogP contribution >= 0.6 is 11.6 Å². The molecule has 256 valence electrons. The molecule has 8 bridgehead atoms. The first-order valence-electron chi connectivity index (χ1n) is 18.1. The number of carbonyl (C=O) groups excluding carboxylic acids is 2. The van der Waals surface area contributed by atoms with Gasteiger partial charge in [0.25, 0.3) is 0 Å². The quantitative estimate of drug-likeness (QED) is 0.224. The lowest BCUT2D eigenvalue weighted by Gasteiger charge is -2.57. The number of ether oxygens (including phenoxy) is 3. The van der Waals surface area contributed by atoms with Crippen LogP contribution in [-0.2, 0) is 29.9 Å². The van der Waals surface area contributed by atoms with Gasteiger partial charge in [-0.3, -0.25) is 4.79 Å². The molecule has 0 saturated heterocycles. The molecule has 8 aliphatic rings. The third-order valence-electron chi connectivity index (χ3n) is 12.1. The lowest BCUT2D eigenvalue weighted by atomic mass is 9.48. The molecule has 7 heteroatoms.